The Kier molecular flexibility index (Phi) is 4.58. The van der Waals surface area contributed by atoms with E-state index < -0.39 is 0 Å². The van der Waals surface area contributed by atoms with Crippen LogP contribution < -0.4 is 4.74 Å². The van der Waals surface area contributed by atoms with Gasteiger partial charge in [-0.05, 0) is 58.2 Å². The number of hydrogen-bond donors (Lipinski definition) is 0. The van der Waals surface area contributed by atoms with Gasteiger partial charge in [0, 0.05) is 0 Å². The van der Waals surface area contributed by atoms with Gasteiger partial charge in [-0.3, -0.25) is 0 Å². The van der Waals surface area contributed by atoms with Crippen molar-refractivity contribution in [1.82, 2.24) is 0 Å². The van der Waals surface area contributed by atoms with E-state index in [-0.39, 0.29) is 5.97 Å². The first-order chi connectivity index (χ1) is 11.1. The molecule has 0 saturated carbocycles. The fourth-order valence-corrected chi connectivity index (χ4v) is 2.70. The first kappa shape index (κ1) is 15.5. The minimum atomic E-state index is -0.363. The third-order valence-corrected chi connectivity index (χ3v) is 4.15. The van der Waals surface area contributed by atoms with Crippen molar-refractivity contribution >= 4 is 21.9 Å². The third kappa shape index (κ3) is 3.69. The summed E-state index contributed by atoms with van der Waals surface area (Å²) < 4.78 is 6.23. The molecule has 0 atom stereocenters. The molecule has 0 aliphatic carbocycles. The Bertz CT molecular complexity index is 824. The molecule has 0 heterocycles. The van der Waals surface area contributed by atoms with Gasteiger partial charge in [0.2, 0.25) is 0 Å². The molecule has 0 fully saturated rings. The zero-order valence-electron chi connectivity index (χ0n) is 12.6. The summed E-state index contributed by atoms with van der Waals surface area (Å²) in [6.45, 7) is 1.98. The maximum Gasteiger partial charge on any atom is 0.343 e. The van der Waals surface area contributed by atoms with E-state index in [2.05, 4.69) is 15.9 Å². The molecule has 0 unspecified atom stereocenters. The molecule has 0 saturated heterocycles. The molecule has 3 rings (SSSR count). The van der Waals surface area contributed by atoms with Crippen LogP contribution in [0, 0.1) is 6.92 Å². The zero-order chi connectivity index (χ0) is 16.2. The Morgan fingerprint density at radius 3 is 2.22 bits per heavy atom. The highest BCUT2D eigenvalue weighted by molar-refractivity contribution is 9.10. The Balaban J connectivity index is 1.81. The van der Waals surface area contributed by atoms with Crippen molar-refractivity contribution in [3.05, 3.63) is 88.4 Å². The van der Waals surface area contributed by atoms with Gasteiger partial charge < -0.3 is 4.74 Å². The van der Waals surface area contributed by atoms with Crippen LogP contribution in [0.2, 0.25) is 0 Å². The molecule has 3 heteroatoms. The summed E-state index contributed by atoms with van der Waals surface area (Å²) in [7, 11) is 0. The summed E-state index contributed by atoms with van der Waals surface area (Å²) in [6, 6.07) is 23.1. The van der Waals surface area contributed by atoms with Gasteiger partial charge in [-0.2, -0.15) is 0 Å². The van der Waals surface area contributed by atoms with E-state index in [9.17, 15) is 4.79 Å². The second kappa shape index (κ2) is 6.80. The molecule has 0 aromatic heterocycles. The highest BCUT2D eigenvalue weighted by Crippen LogP contribution is 2.31. The quantitative estimate of drug-likeness (QED) is 0.442. The Labute approximate surface area is 143 Å². The van der Waals surface area contributed by atoms with Gasteiger partial charge in [0.25, 0.3) is 0 Å². The Hall–Kier alpha value is -2.39. The maximum absolute atomic E-state index is 12.2. The number of carbonyl (C=O) groups is 1. The lowest BCUT2D eigenvalue weighted by atomic mass is 10.1. The van der Waals surface area contributed by atoms with Crippen LogP contribution in [-0.2, 0) is 0 Å². The largest absolute Gasteiger partial charge is 0.422 e. The predicted octanol–water partition coefficient (Wildman–Crippen LogP) is 5.64. The summed E-state index contributed by atoms with van der Waals surface area (Å²) in [5.41, 5.74) is 3.82. The highest BCUT2D eigenvalue weighted by atomic mass is 79.9. The van der Waals surface area contributed by atoms with E-state index in [0.717, 1.165) is 21.2 Å². The number of rotatable bonds is 3. The van der Waals surface area contributed by atoms with Crippen LogP contribution in [0.15, 0.2) is 77.3 Å². The molecular formula is C20H15BrO2. The maximum atomic E-state index is 12.2. The second-order valence-electron chi connectivity index (χ2n) is 5.27. The van der Waals surface area contributed by atoms with Crippen LogP contribution in [0.5, 0.6) is 5.75 Å². The topological polar surface area (TPSA) is 26.3 Å². The fourth-order valence-electron chi connectivity index (χ4n) is 2.24. The van der Waals surface area contributed by atoms with Gasteiger partial charge in [-0.15, -0.1) is 0 Å². The van der Waals surface area contributed by atoms with Gasteiger partial charge in [0.05, 0.1) is 10.0 Å². The smallest absolute Gasteiger partial charge is 0.343 e. The lowest BCUT2D eigenvalue weighted by Gasteiger charge is -2.09. The Morgan fingerprint density at radius 1 is 0.870 bits per heavy atom. The lowest BCUT2D eigenvalue weighted by molar-refractivity contribution is 0.0733. The molecular weight excluding hydrogens is 352 g/mol. The zero-order valence-corrected chi connectivity index (χ0v) is 14.2. The van der Waals surface area contributed by atoms with Crippen LogP contribution in [0.25, 0.3) is 11.1 Å². The van der Waals surface area contributed by atoms with E-state index in [1.807, 2.05) is 61.5 Å². The molecule has 0 spiro atoms. The van der Waals surface area contributed by atoms with Crippen LogP contribution in [0.3, 0.4) is 0 Å². The predicted molar refractivity (Wildman–Crippen MR) is 95.7 cm³/mol. The van der Waals surface area contributed by atoms with E-state index in [4.69, 9.17) is 4.74 Å². The van der Waals surface area contributed by atoms with Gasteiger partial charge in [-0.25, -0.2) is 4.79 Å². The van der Waals surface area contributed by atoms with Crippen molar-refractivity contribution in [3.63, 3.8) is 0 Å². The summed E-state index contributed by atoms with van der Waals surface area (Å²) in [5, 5.41) is 0. The summed E-state index contributed by atoms with van der Waals surface area (Å²) in [5.74, 6) is 0.147. The van der Waals surface area contributed by atoms with Gasteiger partial charge in [0.15, 0.2) is 0 Å². The van der Waals surface area contributed by atoms with Crippen LogP contribution in [0.1, 0.15) is 15.9 Å². The second-order valence-corrected chi connectivity index (χ2v) is 6.12. The third-order valence-electron chi connectivity index (χ3n) is 3.53. The van der Waals surface area contributed by atoms with Crippen molar-refractivity contribution in [2.45, 2.75) is 6.92 Å². The van der Waals surface area contributed by atoms with Crippen molar-refractivity contribution in [1.29, 1.82) is 0 Å². The number of halogens is 1. The van der Waals surface area contributed by atoms with Gasteiger partial charge in [0.1, 0.15) is 5.75 Å². The molecule has 114 valence electrons. The summed E-state index contributed by atoms with van der Waals surface area (Å²) in [4.78, 5) is 12.2. The number of ether oxygens (including phenoxy) is 1. The molecule has 3 aromatic rings. The normalized spacial score (nSPS) is 10.3. The highest BCUT2D eigenvalue weighted by Gasteiger charge is 2.11. The Morgan fingerprint density at radius 2 is 1.57 bits per heavy atom. The number of esters is 1. The van der Waals surface area contributed by atoms with E-state index in [0.29, 0.717) is 11.3 Å². The standard InChI is InChI=1S/C20H15BrO2/c1-14-7-9-16(10-8-14)20(22)23-19-12-11-17(13-18(19)21)15-5-3-2-4-6-15/h2-13H,1H3. The fraction of sp³-hybridized carbons (Fsp3) is 0.0500. The molecule has 0 aliphatic heterocycles. The number of benzene rings is 3. The minimum absolute atomic E-state index is 0.363. The average Bonchev–Trinajstić information content (AvgIpc) is 2.58. The molecule has 0 N–H and O–H groups in total. The first-order valence-corrected chi connectivity index (χ1v) is 8.06. The van der Waals surface area contributed by atoms with Crippen molar-refractivity contribution in [2.24, 2.45) is 0 Å². The monoisotopic (exact) mass is 366 g/mol. The summed E-state index contributed by atoms with van der Waals surface area (Å²) in [6.07, 6.45) is 0. The van der Waals surface area contributed by atoms with Crippen molar-refractivity contribution < 1.29 is 9.53 Å². The number of hydrogen-bond acceptors (Lipinski definition) is 2. The first-order valence-electron chi connectivity index (χ1n) is 7.27. The molecule has 0 radical (unpaired) electrons. The molecule has 0 bridgehead atoms. The molecule has 3 aromatic carbocycles. The van der Waals surface area contributed by atoms with E-state index >= 15 is 0 Å². The molecule has 0 amide bonds. The average molecular weight is 367 g/mol. The number of carbonyl (C=O) groups excluding carboxylic acids is 1. The SMILES string of the molecule is Cc1ccc(C(=O)Oc2ccc(-c3ccccc3)cc2Br)cc1. The van der Waals surface area contributed by atoms with Crippen LogP contribution in [0.4, 0.5) is 0 Å². The van der Waals surface area contributed by atoms with Crippen LogP contribution >= 0.6 is 15.9 Å². The lowest BCUT2D eigenvalue weighted by Crippen LogP contribution is -2.08. The van der Waals surface area contributed by atoms with E-state index in [1.54, 1.807) is 18.2 Å². The minimum Gasteiger partial charge on any atom is -0.422 e. The van der Waals surface area contributed by atoms with Crippen molar-refractivity contribution in [3.8, 4) is 16.9 Å². The van der Waals surface area contributed by atoms with Crippen molar-refractivity contribution in [2.75, 3.05) is 0 Å². The molecule has 2 nitrogen and oxygen atoms in total. The van der Waals surface area contributed by atoms with Gasteiger partial charge in [-0.1, -0.05) is 54.1 Å². The summed E-state index contributed by atoms with van der Waals surface area (Å²) >= 11 is 3.48. The van der Waals surface area contributed by atoms with E-state index in [1.165, 1.54) is 0 Å². The number of aryl methyl sites for hydroxylation is 1. The van der Waals surface area contributed by atoms with Crippen LogP contribution in [-0.4, -0.2) is 5.97 Å². The molecule has 0 aliphatic rings. The van der Waals surface area contributed by atoms with Gasteiger partial charge >= 0.3 is 5.97 Å². The molecule has 23 heavy (non-hydrogen) atoms.